The number of likely N-dealkylation sites (N-methyl/N-ethyl adjacent to an activating group) is 1. The Morgan fingerprint density at radius 1 is 1.35 bits per heavy atom. The summed E-state index contributed by atoms with van der Waals surface area (Å²) in [6.07, 6.45) is 0. The van der Waals surface area contributed by atoms with E-state index >= 15 is 0 Å². The van der Waals surface area contributed by atoms with E-state index in [-0.39, 0.29) is 0 Å². The average Bonchev–Trinajstić information content (AvgIpc) is 2.81. The van der Waals surface area contributed by atoms with Gasteiger partial charge in [0.15, 0.2) is 5.76 Å². The van der Waals surface area contributed by atoms with Crippen molar-refractivity contribution < 1.29 is 4.52 Å². The predicted molar refractivity (Wildman–Crippen MR) is 80.4 cm³/mol. The van der Waals surface area contributed by atoms with Crippen LogP contribution in [0.1, 0.15) is 39.1 Å². The van der Waals surface area contributed by atoms with Crippen LogP contribution in [-0.2, 0) is 13.1 Å². The Labute approximate surface area is 122 Å². The number of aromatic nitrogens is 1. The number of nitrogens with one attached hydrogen (secondary N) is 1. The molecule has 0 bridgehead atoms. The van der Waals surface area contributed by atoms with E-state index < -0.39 is 0 Å². The minimum absolute atomic E-state index is 0.467. The van der Waals surface area contributed by atoms with Crippen molar-refractivity contribution in [3.8, 4) is 0 Å². The zero-order valence-corrected chi connectivity index (χ0v) is 13.4. The Kier molecular flexibility index (Phi) is 5.18. The Bertz CT molecular complexity index is 406. The Morgan fingerprint density at radius 3 is 2.60 bits per heavy atom. The van der Waals surface area contributed by atoms with E-state index in [0.717, 1.165) is 37.6 Å². The Hall–Kier alpha value is -0.910. The summed E-state index contributed by atoms with van der Waals surface area (Å²) in [6.45, 7) is 12.6. The van der Waals surface area contributed by atoms with Crippen LogP contribution in [-0.4, -0.2) is 53.2 Å². The molecule has 20 heavy (non-hydrogen) atoms. The van der Waals surface area contributed by atoms with Crippen LogP contribution in [0.3, 0.4) is 0 Å². The molecule has 1 aromatic rings. The van der Waals surface area contributed by atoms with Crippen LogP contribution in [0, 0.1) is 0 Å². The van der Waals surface area contributed by atoms with Crippen molar-refractivity contribution in [3.05, 3.63) is 17.5 Å². The second-order valence-corrected chi connectivity index (χ2v) is 6.38. The van der Waals surface area contributed by atoms with Crippen molar-refractivity contribution in [2.24, 2.45) is 0 Å². The van der Waals surface area contributed by atoms with E-state index in [9.17, 15) is 0 Å². The number of hydrogen-bond donors (Lipinski definition) is 1. The minimum atomic E-state index is 0.467. The standard InChI is InChI=1S/C15H28N4O/c1-11(2)16-7-14-6-15(20-17-14)10-19-8-12(3)18(5)13(4)9-19/h6,11-13,16H,7-10H2,1-5H3. The molecule has 114 valence electrons. The first-order chi connectivity index (χ1) is 9.45. The van der Waals surface area contributed by atoms with Gasteiger partial charge in [0.2, 0.25) is 0 Å². The van der Waals surface area contributed by atoms with Crippen LogP contribution in [0.5, 0.6) is 0 Å². The lowest BCUT2D eigenvalue weighted by Gasteiger charge is -2.42. The number of nitrogens with zero attached hydrogens (tertiary/aromatic N) is 3. The summed E-state index contributed by atoms with van der Waals surface area (Å²) in [5, 5.41) is 7.49. The number of piperazine rings is 1. The zero-order valence-electron chi connectivity index (χ0n) is 13.4. The van der Waals surface area contributed by atoms with E-state index in [1.165, 1.54) is 0 Å². The van der Waals surface area contributed by atoms with Gasteiger partial charge in [-0.3, -0.25) is 9.80 Å². The first kappa shape index (κ1) is 15.5. The zero-order chi connectivity index (χ0) is 14.7. The SMILES string of the molecule is CC(C)NCc1cc(CN2CC(C)N(C)C(C)C2)on1. The quantitative estimate of drug-likeness (QED) is 0.889. The highest BCUT2D eigenvalue weighted by atomic mass is 16.5. The first-order valence-electron chi connectivity index (χ1n) is 7.58. The average molecular weight is 280 g/mol. The fourth-order valence-corrected chi connectivity index (χ4v) is 2.69. The summed E-state index contributed by atoms with van der Waals surface area (Å²) in [5.41, 5.74) is 0.990. The van der Waals surface area contributed by atoms with Crippen molar-refractivity contribution in [2.75, 3.05) is 20.1 Å². The Balaban J connectivity index is 1.87. The maximum Gasteiger partial charge on any atom is 0.151 e. The van der Waals surface area contributed by atoms with Gasteiger partial charge in [0.1, 0.15) is 0 Å². The summed E-state index contributed by atoms with van der Waals surface area (Å²) in [4.78, 5) is 4.89. The lowest BCUT2D eigenvalue weighted by molar-refractivity contribution is 0.0506. The molecule has 0 radical (unpaired) electrons. The predicted octanol–water partition coefficient (Wildman–Crippen LogP) is 1.70. The van der Waals surface area contributed by atoms with Crippen LogP contribution in [0.25, 0.3) is 0 Å². The van der Waals surface area contributed by atoms with E-state index in [4.69, 9.17) is 4.52 Å². The summed E-state index contributed by atoms with van der Waals surface area (Å²) in [5.74, 6) is 0.967. The molecule has 0 spiro atoms. The van der Waals surface area contributed by atoms with E-state index in [0.29, 0.717) is 18.1 Å². The summed E-state index contributed by atoms with van der Waals surface area (Å²) in [6, 6.07) is 3.71. The molecular formula is C15H28N4O. The van der Waals surface area contributed by atoms with Gasteiger partial charge in [0.05, 0.1) is 12.2 Å². The molecule has 1 saturated heterocycles. The van der Waals surface area contributed by atoms with Gasteiger partial charge in [-0.2, -0.15) is 0 Å². The highest BCUT2D eigenvalue weighted by Gasteiger charge is 2.27. The van der Waals surface area contributed by atoms with Gasteiger partial charge >= 0.3 is 0 Å². The molecule has 0 amide bonds. The van der Waals surface area contributed by atoms with Gasteiger partial charge in [-0.15, -0.1) is 0 Å². The van der Waals surface area contributed by atoms with Crippen LogP contribution in [0.15, 0.2) is 10.6 Å². The third-order valence-corrected chi connectivity index (χ3v) is 4.11. The Morgan fingerprint density at radius 2 is 2.00 bits per heavy atom. The summed E-state index contributed by atoms with van der Waals surface area (Å²) in [7, 11) is 2.21. The molecule has 1 aromatic heterocycles. The molecule has 1 aliphatic rings. The molecule has 0 saturated carbocycles. The first-order valence-corrected chi connectivity index (χ1v) is 7.58. The monoisotopic (exact) mass is 280 g/mol. The van der Waals surface area contributed by atoms with Crippen molar-refractivity contribution in [1.82, 2.24) is 20.3 Å². The fraction of sp³-hybridized carbons (Fsp3) is 0.800. The molecule has 2 atom stereocenters. The summed E-state index contributed by atoms with van der Waals surface area (Å²) >= 11 is 0. The molecular weight excluding hydrogens is 252 g/mol. The van der Waals surface area contributed by atoms with E-state index in [1.54, 1.807) is 0 Å². The van der Waals surface area contributed by atoms with Crippen LogP contribution < -0.4 is 5.32 Å². The van der Waals surface area contributed by atoms with E-state index in [1.807, 2.05) is 0 Å². The molecule has 2 heterocycles. The second kappa shape index (κ2) is 6.70. The minimum Gasteiger partial charge on any atom is -0.360 e. The maximum absolute atomic E-state index is 5.45. The number of rotatable bonds is 5. The number of hydrogen-bond acceptors (Lipinski definition) is 5. The van der Waals surface area contributed by atoms with Crippen LogP contribution in [0.4, 0.5) is 0 Å². The molecule has 1 N–H and O–H groups in total. The van der Waals surface area contributed by atoms with Crippen molar-refractivity contribution in [1.29, 1.82) is 0 Å². The molecule has 0 aliphatic carbocycles. The van der Waals surface area contributed by atoms with Gasteiger partial charge in [0, 0.05) is 43.8 Å². The molecule has 2 rings (SSSR count). The third-order valence-electron chi connectivity index (χ3n) is 4.11. The fourth-order valence-electron chi connectivity index (χ4n) is 2.69. The van der Waals surface area contributed by atoms with Gasteiger partial charge in [0.25, 0.3) is 0 Å². The van der Waals surface area contributed by atoms with Crippen molar-refractivity contribution in [2.45, 2.75) is 58.9 Å². The van der Waals surface area contributed by atoms with Gasteiger partial charge in [-0.05, 0) is 20.9 Å². The van der Waals surface area contributed by atoms with Crippen molar-refractivity contribution >= 4 is 0 Å². The molecule has 2 unspecified atom stereocenters. The molecule has 0 aromatic carbocycles. The highest BCUT2D eigenvalue weighted by molar-refractivity contribution is 5.05. The van der Waals surface area contributed by atoms with Crippen LogP contribution in [0.2, 0.25) is 0 Å². The van der Waals surface area contributed by atoms with Gasteiger partial charge in [-0.25, -0.2) is 0 Å². The van der Waals surface area contributed by atoms with E-state index in [2.05, 4.69) is 61.1 Å². The molecule has 1 aliphatic heterocycles. The van der Waals surface area contributed by atoms with Gasteiger partial charge in [-0.1, -0.05) is 19.0 Å². The van der Waals surface area contributed by atoms with Gasteiger partial charge < -0.3 is 9.84 Å². The second-order valence-electron chi connectivity index (χ2n) is 6.38. The molecule has 1 fully saturated rings. The summed E-state index contributed by atoms with van der Waals surface area (Å²) < 4.78 is 5.45. The smallest absolute Gasteiger partial charge is 0.151 e. The normalized spacial score (nSPS) is 25.5. The lowest BCUT2D eigenvalue weighted by Crippen LogP contribution is -2.54. The highest BCUT2D eigenvalue weighted by Crippen LogP contribution is 2.16. The van der Waals surface area contributed by atoms with Crippen LogP contribution >= 0.6 is 0 Å². The van der Waals surface area contributed by atoms with Crippen molar-refractivity contribution in [3.63, 3.8) is 0 Å². The maximum atomic E-state index is 5.45. The lowest BCUT2D eigenvalue weighted by atomic mass is 10.1. The molecule has 5 nitrogen and oxygen atoms in total. The molecule has 5 heteroatoms. The third kappa shape index (κ3) is 4.04. The largest absolute Gasteiger partial charge is 0.360 e. The topological polar surface area (TPSA) is 44.5 Å².